The molecule has 0 saturated carbocycles. The molecule has 9 rings (SSSR count). The predicted octanol–water partition coefficient (Wildman–Crippen LogP) is 13.7. The standard InChI is InChI=1S/C46H31NS/c1-3-12-32(13-4-1)33-24-26-34(27-25-33)35-28-30-38(31-29-35)47(42-21-9-17-36-16-7-8-18-39(36)42)43-22-10-20-41-45-40(37-14-5-2-6-15-37)19-11-23-44(45)48-46(41)43/h1-31H. The van der Waals surface area contributed by atoms with Gasteiger partial charge in [0.05, 0.1) is 16.1 Å². The molecule has 1 heterocycles. The molecule has 9 aromatic rings. The summed E-state index contributed by atoms with van der Waals surface area (Å²) >= 11 is 1.88. The minimum atomic E-state index is 1.13. The summed E-state index contributed by atoms with van der Waals surface area (Å²) in [6.07, 6.45) is 0. The van der Waals surface area contributed by atoms with Gasteiger partial charge in [0, 0.05) is 26.5 Å². The van der Waals surface area contributed by atoms with E-state index in [2.05, 4.69) is 193 Å². The highest BCUT2D eigenvalue weighted by Gasteiger charge is 2.21. The maximum Gasteiger partial charge on any atom is 0.0640 e. The average molecular weight is 630 g/mol. The van der Waals surface area contributed by atoms with E-state index >= 15 is 0 Å². The first kappa shape index (κ1) is 28.3. The molecule has 2 heteroatoms. The zero-order valence-electron chi connectivity index (χ0n) is 26.3. The van der Waals surface area contributed by atoms with E-state index in [1.54, 1.807) is 0 Å². The lowest BCUT2D eigenvalue weighted by Crippen LogP contribution is -2.10. The third kappa shape index (κ3) is 4.95. The van der Waals surface area contributed by atoms with Gasteiger partial charge < -0.3 is 4.90 Å². The van der Waals surface area contributed by atoms with E-state index in [9.17, 15) is 0 Å². The average Bonchev–Trinajstić information content (AvgIpc) is 3.56. The van der Waals surface area contributed by atoms with E-state index in [0.717, 1.165) is 5.69 Å². The van der Waals surface area contributed by atoms with Gasteiger partial charge in [-0.3, -0.25) is 0 Å². The number of rotatable bonds is 6. The Morgan fingerprint density at radius 2 is 0.875 bits per heavy atom. The summed E-state index contributed by atoms with van der Waals surface area (Å²) < 4.78 is 2.58. The van der Waals surface area contributed by atoms with Crippen molar-refractivity contribution in [2.75, 3.05) is 4.90 Å². The zero-order valence-corrected chi connectivity index (χ0v) is 27.1. The molecular weight excluding hydrogens is 599 g/mol. The molecule has 0 aliphatic carbocycles. The number of nitrogens with zero attached hydrogens (tertiary/aromatic N) is 1. The molecule has 0 bridgehead atoms. The number of hydrogen-bond donors (Lipinski definition) is 0. The summed E-state index contributed by atoms with van der Waals surface area (Å²) in [6.45, 7) is 0. The van der Waals surface area contributed by atoms with Crippen LogP contribution in [0.4, 0.5) is 17.1 Å². The monoisotopic (exact) mass is 629 g/mol. The van der Waals surface area contributed by atoms with Crippen molar-refractivity contribution >= 4 is 59.3 Å². The van der Waals surface area contributed by atoms with Gasteiger partial charge in [0.2, 0.25) is 0 Å². The lowest BCUT2D eigenvalue weighted by molar-refractivity contribution is 1.32. The second kappa shape index (κ2) is 12.0. The van der Waals surface area contributed by atoms with Crippen molar-refractivity contribution in [1.29, 1.82) is 0 Å². The Morgan fingerprint density at radius 3 is 1.60 bits per heavy atom. The van der Waals surface area contributed by atoms with Crippen LogP contribution in [0.15, 0.2) is 188 Å². The Bertz CT molecular complexity index is 2530. The van der Waals surface area contributed by atoms with Crippen molar-refractivity contribution < 1.29 is 0 Å². The molecule has 0 fully saturated rings. The number of thiophene rings is 1. The van der Waals surface area contributed by atoms with E-state index in [4.69, 9.17) is 0 Å². The molecule has 0 amide bonds. The minimum absolute atomic E-state index is 1.13. The fourth-order valence-electron chi connectivity index (χ4n) is 6.97. The molecule has 226 valence electrons. The molecule has 0 aliphatic rings. The number of fused-ring (bicyclic) bond motifs is 4. The quantitative estimate of drug-likeness (QED) is 0.177. The van der Waals surface area contributed by atoms with E-state index < -0.39 is 0 Å². The summed E-state index contributed by atoms with van der Waals surface area (Å²) in [5, 5.41) is 5.05. The molecular formula is C46H31NS. The number of hydrogen-bond acceptors (Lipinski definition) is 2. The normalized spacial score (nSPS) is 11.3. The van der Waals surface area contributed by atoms with Crippen LogP contribution in [0.1, 0.15) is 0 Å². The van der Waals surface area contributed by atoms with Crippen molar-refractivity contribution in [3.8, 4) is 33.4 Å². The van der Waals surface area contributed by atoms with Gasteiger partial charge in [-0.15, -0.1) is 11.3 Å². The molecule has 0 spiro atoms. The largest absolute Gasteiger partial charge is 0.308 e. The highest BCUT2D eigenvalue weighted by atomic mass is 32.1. The lowest BCUT2D eigenvalue weighted by atomic mass is 9.99. The van der Waals surface area contributed by atoms with E-state index in [-0.39, 0.29) is 0 Å². The molecule has 0 saturated heterocycles. The van der Waals surface area contributed by atoms with Gasteiger partial charge in [-0.05, 0) is 69.1 Å². The van der Waals surface area contributed by atoms with Crippen LogP contribution in [-0.4, -0.2) is 0 Å². The van der Waals surface area contributed by atoms with Gasteiger partial charge in [0.15, 0.2) is 0 Å². The third-order valence-corrected chi connectivity index (χ3v) is 10.5. The van der Waals surface area contributed by atoms with Crippen LogP contribution in [0, 0.1) is 0 Å². The predicted molar refractivity (Wildman–Crippen MR) is 208 cm³/mol. The van der Waals surface area contributed by atoms with Crippen LogP contribution in [-0.2, 0) is 0 Å². The number of benzene rings is 8. The van der Waals surface area contributed by atoms with Crippen molar-refractivity contribution in [1.82, 2.24) is 0 Å². The van der Waals surface area contributed by atoms with Gasteiger partial charge >= 0.3 is 0 Å². The Balaban J connectivity index is 1.20. The van der Waals surface area contributed by atoms with E-state index in [1.807, 2.05) is 11.3 Å². The Morgan fingerprint density at radius 1 is 0.354 bits per heavy atom. The molecule has 0 atom stereocenters. The van der Waals surface area contributed by atoms with Crippen LogP contribution >= 0.6 is 11.3 Å². The summed E-state index contributed by atoms with van der Waals surface area (Å²) in [6, 6.07) is 68.0. The Hall–Kier alpha value is -5.96. The first-order chi connectivity index (χ1) is 23.8. The van der Waals surface area contributed by atoms with Crippen LogP contribution in [0.2, 0.25) is 0 Å². The highest BCUT2D eigenvalue weighted by Crippen LogP contribution is 2.48. The SMILES string of the molecule is c1ccc(-c2ccc(-c3ccc(N(c4cccc5ccccc45)c4cccc5c4sc4cccc(-c6ccccc6)c45)cc3)cc2)cc1. The molecule has 0 unspecified atom stereocenters. The number of anilines is 3. The maximum atomic E-state index is 2.45. The molecule has 48 heavy (non-hydrogen) atoms. The van der Waals surface area contributed by atoms with Gasteiger partial charge in [-0.25, -0.2) is 0 Å². The highest BCUT2D eigenvalue weighted by molar-refractivity contribution is 7.26. The van der Waals surface area contributed by atoms with Crippen molar-refractivity contribution in [2.24, 2.45) is 0 Å². The van der Waals surface area contributed by atoms with Crippen LogP contribution in [0.25, 0.3) is 64.3 Å². The summed E-state index contributed by atoms with van der Waals surface area (Å²) in [5.74, 6) is 0. The molecule has 1 nitrogen and oxygen atoms in total. The molecule has 1 aromatic heterocycles. The Labute approximate surface area is 284 Å². The fourth-order valence-corrected chi connectivity index (χ4v) is 8.20. The molecule has 0 N–H and O–H groups in total. The fraction of sp³-hybridized carbons (Fsp3) is 0. The molecule has 8 aromatic carbocycles. The first-order valence-corrected chi connectivity index (χ1v) is 17.2. The van der Waals surface area contributed by atoms with Crippen LogP contribution in [0.3, 0.4) is 0 Å². The topological polar surface area (TPSA) is 3.24 Å². The summed E-state index contributed by atoms with van der Waals surface area (Å²) in [7, 11) is 0. The third-order valence-electron chi connectivity index (χ3n) is 9.29. The van der Waals surface area contributed by atoms with Gasteiger partial charge in [0.1, 0.15) is 0 Å². The second-order valence-electron chi connectivity index (χ2n) is 12.1. The lowest BCUT2D eigenvalue weighted by Gasteiger charge is -2.27. The van der Waals surface area contributed by atoms with E-state index in [1.165, 1.54) is 75.7 Å². The Kier molecular flexibility index (Phi) is 7.07. The van der Waals surface area contributed by atoms with E-state index in [0.29, 0.717) is 0 Å². The molecule has 0 aliphatic heterocycles. The summed E-state index contributed by atoms with van der Waals surface area (Å²) in [4.78, 5) is 2.45. The van der Waals surface area contributed by atoms with Crippen molar-refractivity contribution in [3.05, 3.63) is 188 Å². The van der Waals surface area contributed by atoms with Gasteiger partial charge in [0.25, 0.3) is 0 Å². The van der Waals surface area contributed by atoms with Crippen molar-refractivity contribution in [3.63, 3.8) is 0 Å². The van der Waals surface area contributed by atoms with Crippen molar-refractivity contribution in [2.45, 2.75) is 0 Å². The van der Waals surface area contributed by atoms with Crippen LogP contribution in [0.5, 0.6) is 0 Å². The zero-order chi connectivity index (χ0) is 31.9. The maximum absolute atomic E-state index is 2.45. The molecule has 0 radical (unpaired) electrons. The van der Waals surface area contributed by atoms with Gasteiger partial charge in [-0.2, -0.15) is 0 Å². The summed E-state index contributed by atoms with van der Waals surface area (Å²) in [5.41, 5.74) is 10.9. The first-order valence-electron chi connectivity index (χ1n) is 16.4. The smallest absolute Gasteiger partial charge is 0.0640 e. The second-order valence-corrected chi connectivity index (χ2v) is 13.2. The van der Waals surface area contributed by atoms with Gasteiger partial charge in [-0.1, -0.05) is 158 Å². The van der Waals surface area contributed by atoms with Crippen LogP contribution < -0.4 is 4.90 Å². The minimum Gasteiger partial charge on any atom is -0.308 e.